The highest BCUT2D eigenvalue weighted by Gasteiger charge is 2.48. The van der Waals surface area contributed by atoms with Crippen LogP contribution in [0, 0.1) is 0 Å². The lowest BCUT2D eigenvalue weighted by molar-refractivity contribution is -0.132. The van der Waals surface area contributed by atoms with Gasteiger partial charge >= 0.3 is 5.91 Å². The van der Waals surface area contributed by atoms with Gasteiger partial charge in [0.2, 0.25) is 5.13 Å². The maximum Gasteiger partial charge on any atom is 0.301 e. The van der Waals surface area contributed by atoms with E-state index in [1.807, 2.05) is 62.4 Å². The number of ether oxygens (including phenoxy) is 3. The van der Waals surface area contributed by atoms with E-state index >= 15 is 0 Å². The summed E-state index contributed by atoms with van der Waals surface area (Å²) >= 11 is 2.72. The fourth-order valence-electron chi connectivity index (χ4n) is 6.16. The Labute approximate surface area is 315 Å². The molecule has 6 aromatic rings. The van der Waals surface area contributed by atoms with Gasteiger partial charge < -0.3 is 19.3 Å². The third-order valence-corrected chi connectivity index (χ3v) is 10.8. The Kier molecular flexibility index (Phi) is 11.0. The van der Waals surface area contributed by atoms with Crippen molar-refractivity contribution in [2.75, 3.05) is 18.1 Å². The van der Waals surface area contributed by atoms with Crippen LogP contribution in [0.3, 0.4) is 0 Å². The van der Waals surface area contributed by atoms with Crippen LogP contribution < -0.4 is 19.1 Å². The van der Waals surface area contributed by atoms with Crippen LogP contribution in [0.15, 0.2) is 125 Å². The monoisotopic (exact) mass is 743 g/mol. The molecule has 1 amide bonds. The Morgan fingerprint density at radius 2 is 1.60 bits per heavy atom. The number of hydrogen-bond acceptors (Lipinski definition) is 10. The second kappa shape index (κ2) is 16.4. The number of thioether (sulfide) groups is 1. The van der Waals surface area contributed by atoms with Gasteiger partial charge in [-0.2, -0.15) is 0 Å². The van der Waals surface area contributed by atoms with Gasteiger partial charge in [-0.05, 0) is 77.2 Å². The highest BCUT2D eigenvalue weighted by Crippen LogP contribution is 2.46. The summed E-state index contributed by atoms with van der Waals surface area (Å²) in [6, 6.07) is 35.2. The van der Waals surface area contributed by atoms with Crippen LogP contribution >= 0.6 is 23.1 Å². The SMILES string of the molecule is CCCOc1ccc(C(O)=C2C(=O)C(=O)N(c3nnc(SCc4cccc5ccccc45)s3)C2c2ccc(OCc3ccccc3)c(OCC)c2)cc1. The van der Waals surface area contributed by atoms with E-state index in [0.717, 1.165) is 28.3 Å². The molecule has 1 aliphatic heterocycles. The molecule has 0 bridgehead atoms. The van der Waals surface area contributed by atoms with Gasteiger partial charge in [-0.3, -0.25) is 14.5 Å². The summed E-state index contributed by atoms with van der Waals surface area (Å²) in [6.45, 7) is 5.11. The van der Waals surface area contributed by atoms with E-state index in [-0.39, 0.29) is 16.5 Å². The number of ketones is 1. The van der Waals surface area contributed by atoms with Crippen LogP contribution in [0.25, 0.3) is 16.5 Å². The molecule has 0 aliphatic carbocycles. The quantitative estimate of drug-likeness (QED) is 0.0384. The van der Waals surface area contributed by atoms with E-state index in [1.54, 1.807) is 42.5 Å². The van der Waals surface area contributed by atoms with E-state index in [0.29, 0.717) is 58.3 Å². The lowest BCUT2D eigenvalue weighted by Gasteiger charge is -2.23. The zero-order valence-corrected chi connectivity index (χ0v) is 30.9. The molecule has 9 nitrogen and oxygen atoms in total. The highest BCUT2D eigenvalue weighted by molar-refractivity contribution is 8.00. The van der Waals surface area contributed by atoms with Crippen LogP contribution in [0.1, 0.15) is 48.6 Å². The molecule has 0 radical (unpaired) electrons. The third-order valence-electron chi connectivity index (χ3n) is 8.70. The molecule has 1 atom stereocenters. The molecule has 1 unspecified atom stereocenters. The predicted molar refractivity (Wildman–Crippen MR) is 209 cm³/mol. The smallest absolute Gasteiger partial charge is 0.301 e. The number of benzene rings is 5. The number of aliphatic hydroxyl groups is 1. The Bertz CT molecular complexity index is 2270. The maximum absolute atomic E-state index is 14.0. The molecule has 1 aliphatic rings. The molecule has 1 saturated heterocycles. The van der Waals surface area contributed by atoms with E-state index in [9.17, 15) is 14.7 Å². The van der Waals surface area contributed by atoms with Gasteiger partial charge in [-0.15, -0.1) is 10.2 Å². The van der Waals surface area contributed by atoms with Crippen LogP contribution in [0.2, 0.25) is 0 Å². The zero-order valence-electron chi connectivity index (χ0n) is 29.2. The number of amides is 1. The fraction of sp³-hybridized carbons (Fsp3) is 0.190. The van der Waals surface area contributed by atoms with E-state index in [1.165, 1.54) is 28.0 Å². The summed E-state index contributed by atoms with van der Waals surface area (Å²) in [6.07, 6.45) is 0.847. The minimum atomic E-state index is -1.03. The molecule has 268 valence electrons. The van der Waals surface area contributed by atoms with Gasteiger partial charge in [-0.25, -0.2) is 0 Å². The van der Waals surface area contributed by atoms with Gasteiger partial charge in [-0.1, -0.05) is 109 Å². The Hall–Kier alpha value is -5.65. The van der Waals surface area contributed by atoms with Crippen molar-refractivity contribution in [3.8, 4) is 17.2 Å². The Morgan fingerprint density at radius 3 is 2.40 bits per heavy atom. The molecular weight excluding hydrogens is 707 g/mol. The van der Waals surface area contributed by atoms with Crippen molar-refractivity contribution in [2.24, 2.45) is 0 Å². The van der Waals surface area contributed by atoms with Crippen LogP contribution in [-0.4, -0.2) is 40.2 Å². The van der Waals surface area contributed by atoms with E-state index < -0.39 is 17.7 Å². The Morgan fingerprint density at radius 1 is 0.830 bits per heavy atom. The van der Waals surface area contributed by atoms with Crippen molar-refractivity contribution < 1.29 is 28.9 Å². The first-order valence-electron chi connectivity index (χ1n) is 17.4. The average Bonchev–Trinajstić information content (AvgIpc) is 3.77. The number of aliphatic hydroxyl groups excluding tert-OH is 1. The number of hydrogen-bond donors (Lipinski definition) is 1. The minimum Gasteiger partial charge on any atom is -0.507 e. The lowest BCUT2D eigenvalue weighted by atomic mass is 9.95. The number of rotatable bonds is 14. The summed E-state index contributed by atoms with van der Waals surface area (Å²) in [4.78, 5) is 29.2. The van der Waals surface area contributed by atoms with Gasteiger partial charge in [0.05, 0.1) is 24.8 Å². The van der Waals surface area contributed by atoms with Crippen molar-refractivity contribution in [3.05, 3.63) is 143 Å². The van der Waals surface area contributed by atoms with Gasteiger partial charge in [0.25, 0.3) is 5.78 Å². The van der Waals surface area contributed by atoms with E-state index in [4.69, 9.17) is 14.2 Å². The molecule has 1 aromatic heterocycles. The average molecular weight is 744 g/mol. The van der Waals surface area contributed by atoms with E-state index in [2.05, 4.69) is 34.5 Å². The van der Waals surface area contributed by atoms with Crippen molar-refractivity contribution in [1.82, 2.24) is 10.2 Å². The normalized spacial score (nSPS) is 15.2. The molecule has 2 heterocycles. The molecule has 11 heteroatoms. The highest BCUT2D eigenvalue weighted by atomic mass is 32.2. The summed E-state index contributed by atoms with van der Waals surface area (Å²) in [5.41, 5.74) is 2.97. The first kappa shape index (κ1) is 35.7. The zero-order chi connectivity index (χ0) is 36.7. The summed E-state index contributed by atoms with van der Waals surface area (Å²) in [7, 11) is 0. The second-order valence-corrected chi connectivity index (χ2v) is 14.4. The van der Waals surface area contributed by atoms with Crippen LogP contribution in [0.4, 0.5) is 5.13 Å². The molecule has 0 spiro atoms. The predicted octanol–water partition coefficient (Wildman–Crippen LogP) is 9.38. The maximum atomic E-state index is 14.0. The first-order valence-corrected chi connectivity index (χ1v) is 19.2. The Balaban J connectivity index is 1.25. The van der Waals surface area contributed by atoms with Crippen molar-refractivity contribution >= 4 is 56.5 Å². The molecule has 1 N–H and O–H groups in total. The third kappa shape index (κ3) is 7.77. The lowest BCUT2D eigenvalue weighted by Crippen LogP contribution is -2.29. The first-order chi connectivity index (χ1) is 25.9. The minimum absolute atomic E-state index is 0.0715. The number of carbonyl (C=O) groups excluding carboxylic acids is 2. The topological polar surface area (TPSA) is 111 Å². The number of carbonyl (C=O) groups is 2. The molecular formula is C42H37N3O6S2. The van der Waals surface area contributed by atoms with Crippen molar-refractivity contribution in [2.45, 2.75) is 43.0 Å². The van der Waals surface area contributed by atoms with Gasteiger partial charge in [0, 0.05) is 11.3 Å². The van der Waals surface area contributed by atoms with Gasteiger partial charge in [0.1, 0.15) is 18.1 Å². The fourth-order valence-corrected chi connectivity index (χ4v) is 8.03. The number of aromatic nitrogens is 2. The van der Waals surface area contributed by atoms with Crippen molar-refractivity contribution in [3.63, 3.8) is 0 Å². The van der Waals surface area contributed by atoms with Crippen molar-refractivity contribution in [1.29, 1.82) is 0 Å². The molecule has 7 rings (SSSR count). The van der Waals surface area contributed by atoms with Gasteiger partial charge in [0.15, 0.2) is 15.8 Å². The summed E-state index contributed by atoms with van der Waals surface area (Å²) in [5.74, 6) is 0.253. The summed E-state index contributed by atoms with van der Waals surface area (Å²) < 4.78 is 18.5. The molecule has 1 fully saturated rings. The number of anilines is 1. The molecule has 0 saturated carbocycles. The van der Waals surface area contributed by atoms with Crippen LogP contribution in [0.5, 0.6) is 17.2 Å². The number of Topliss-reactive ketones (excluding diaryl/α,β-unsaturated/α-hetero) is 1. The standard InChI is InChI=1S/C42H37N3O6S2/c1-3-23-50-32-20-17-29(18-21-32)38(46)36-37(30-19-22-34(35(24-30)49-4-2)51-25-27-11-6-5-7-12-27)45(40(48)39(36)47)41-43-44-42(53-41)52-26-31-15-10-14-28-13-8-9-16-33(28)31/h5-22,24,37,46H,3-4,23,25-26H2,1-2H3. The number of fused-ring (bicyclic) bond motifs is 1. The molecule has 5 aromatic carbocycles. The van der Waals surface area contributed by atoms with Crippen LogP contribution in [-0.2, 0) is 21.9 Å². The largest absolute Gasteiger partial charge is 0.507 e. The summed E-state index contributed by atoms with van der Waals surface area (Å²) in [5, 5.41) is 23.1. The number of nitrogens with zero attached hydrogens (tertiary/aromatic N) is 3. The molecule has 53 heavy (non-hydrogen) atoms. The second-order valence-electron chi connectivity index (χ2n) is 12.2.